The third-order valence-corrected chi connectivity index (χ3v) is 3.83. The van der Waals surface area contributed by atoms with Crippen molar-refractivity contribution in [3.63, 3.8) is 0 Å². The molecule has 1 aromatic heterocycles. The van der Waals surface area contributed by atoms with Gasteiger partial charge in [-0.25, -0.2) is 0 Å². The van der Waals surface area contributed by atoms with Crippen LogP contribution in [0.2, 0.25) is 5.22 Å². The van der Waals surface area contributed by atoms with E-state index < -0.39 is 0 Å². The Morgan fingerprint density at radius 1 is 1.33 bits per heavy atom. The van der Waals surface area contributed by atoms with Gasteiger partial charge in [0.25, 0.3) is 0 Å². The summed E-state index contributed by atoms with van der Waals surface area (Å²) in [5.74, 6) is -0.322. The van der Waals surface area contributed by atoms with E-state index in [0.717, 1.165) is 11.4 Å². The van der Waals surface area contributed by atoms with Crippen LogP contribution in [0.25, 0.3) is 0 Å². The zero-order chi connectivity index (χ0) is 12.5. The van der Waals surface area contributed by atoms with E-state index in [1.165, 1.54) is 12.3 Å². The topological polar surface area (TPSA) is 67.0 Å². The van der Waals surface area contributed by atoms with E-state index in [1.54, 1.807) is 6.07 Å². The predicted octanol–water partition coefficient (Wildman–Crippen LogP) is 3.53. The third-order valence-electron chi connectivity index (χ3n) is 2.40. The van der Waals surface area contributed by atoms with Gasteiger partial charge in [-0.15, -0.1) is 0 Å². The second kappa shape index (κ2) is 4.57. The second-order valence-corrected chi connectivity index (χ2v) is 4.95. The van der Waals surface area contributed by atoms with Gasteiger partial charge in [-0.2, -0.15) is 0 Å². The second-order valence-electron chi connectivity index (χ2n) is 3.50. The normalized spacial score (nSPS) is 12.1. The molecule has 5 nitrogen and oxygen atoms in total. The molecule has 0 fully saturated rings. The minimum absolute atomic E-state index is 0.0749. The molecule has 0 spiro atoms. The molecule has 0 atom stereocenters. The summed E-state index contributed by atoms with van der Waals surface area (Å²) < 4.78 is 13.4. The first-order valence-corrected chi connectivity index (χ1v) is 6.92. The van der Waals surface area contributed by atoms with Crippen LogP contribution < -0.4 is 5.32 Å². The van der Waals surface area contributed by atoms with Crippen LogP contribution in [0.3, 0.4) is 0 Å². The predicted molar refractivity (Wildman–Crippen MR) is 68.0 cm³/mol. The molecule has 2 aromatic rings. The van der Waals surface area contributed by atoms with Crippen molar-refractivity contribution in [3.8, 4) is 0 Å². The van der Waals surface area contributed by atoms with Crippen molar-refractivity contribution in [2.75, 3.05) is 5.32 Å². The van der Waals surface area contributed by atoms with Crippen LogP contribution in [0.1, 0.15) is 10.4 Å². The summed E-state index contributed by atoms with van der Waals surface area (Å²) in [6.45, 7) is 0. The van der Waals surface area contributed by atoms with Gasteiger partial charge in [0.05, 0.1) is 0 Å². The van der Waals surface area contributed by atoms with Gasteiger partial charge in [-0.05, 0) is 0 Å². The Labute approximate surface area is 113 Å². The number of amides is 1. The van der Waals surface area contributed by atoms with Crippen LogP contribution in [-0.4, -0.2) is 20.5 Å². The fourth-order valence-corrected chi connectivity index (χ4v) is 2.91. The summed E-state index contributed by atoms with van der Waals surface area (Å²) in [7, 11) is 0. The summed E-state index contributed by atoms with van der Waals surface area (Å²) in [6.07, 6.45) is 1.37. The Morgan fingerprint density at radius 2 is 2.22 bits per heavy atom. The molecule has 1 aliphatic heterocycles. The minimum atomic E-state index is -0.322. The summed E-state index contributed by atoms with van der Waals surface area (Å²) >= 11 is 5.62. The fraction of sp³-hybridized carbons (Fsp3) is 0. The molecule has 7 heteroatoms. The maximum atomic E-state index is 12.0. The molecular weight excluding hydrogens is 321 g/mol. The monoisotopic (exact) mass is 327 g/mol. The number of hydrogen-bond donors (Lipinski definition) is 1. The Hall–Kier alpha value is -1.62. The quantitative estimate of drug-likeness (QED) is 0.732. The number of anilines is 1. The van der Waals surface area contributed by atoms with E-state index in [9.17, 15) is 4.79 Å². The Balaban J connectivity index is 1.91. The first-order chi connectivity index (χ1) is 8.75. The van der Waals surface area contributed by atoms with Gasteiger partial charge in [0.2, 0.25) is 0 Å². The van der Waals surface area contributed by atoms with Crippen LogP contribution in [0.4, 0.5) is 17.1 Å². The van der Waals surface area contributed by atoms with E-state index in [4.69, 9.17) is 16.0 Å². The van der Waals surface area contributed by atoms with E-state index in [1.807, 2.05) is 12.1 Å². The molecule has 0 saturated heterocycles. The van der Waals surface area contributed by atoms with Gasteiger partial charge in [-0.3, -0.25) is 0 Å². The summed E-state index contributed by atoms with van der Waals surface area (Å²) in [5, 5.41) is 2.83. The Bertz CT molecular complexity index is 704. The van der Waals surface area contributed by atoms with Crippen LogP contribution >= 0.6 is 11.6 Å². The molecule has 2 heterocycles. The van der Waals surface area contributed by atoms with Gasteiger partial charge in [0, 0.05) is 0 Å². The SMILES string of the molecule is O=C(Nc1cccc2c1N=[Se]=N2)c1ccoc1Cl. The molecule has 1 N–H and O–H groups in total. The van der Waals surface area contributed by atoms with E-state index >= 15 is 0 Å². The summed E-state index contributed by atoms with van der Waals surface area (Å²) in [4.78, 5) is 12.0. The van der Waals surface area contributed by atoms with Gasteiger partial charge in [0.1, 0.15) is 0 Å². The number of benzene rings is 1. The van der Waals surface area contributed by atoms with Gasteiger partial charge in [0.15, 0.2) is 0 Å². The zero-order valence-corrected chi connectivity index (χ0v) is 11.4. The zero-order valence-electron chi connectivity index (χ0n) is 8.88. The molecular formula is C11H6ClN3O2Se. The number of furan rings is 1. The molecule has 0 radical (unpaired) electrons. The molecule has 1 aliphatic rings. The fourth-order valence-electron chi connectivity index (χ4n) is 1.55. The van der Waals surface area contributed by atoms with Crippen LogP contribution in [-0.2, 0) is 0 Å². The standard InChI is InChI=1S/C11H6ClN3O2Se/c12-10-6(4-5-17-10)11(16)13-7-2-1-3-8-9(7)15-18-14-8/h1-5H,(H,13,16). The third kappa shape index (κ3) is 1.94. The van der Waals surface area contributed by atoms with E-state index in [-0.39, 0.29) is 25.7 Å². The first kappa shape index (κ1) is 11.5. The number of carbonyl (C=O) groups excluding carboxylic acids is 1. The van der Waals surface area contributed by atoms with E-state index in [2.05, 4.69) is 13.2 Å². The number of fused-ring (bicyclic) bond motifs is 1. The molecule has 3 rings (SSSR count). The maximum absolute atomic E-state index is 12.0. The average Bonchev–Trinajstić information content (AvgIpc) is 2.97. The number of halogens is 1. The summed E-state index contributed by atoms with van der Waals surface area (Å²) in [6, 6.07) is 7.00. The number of rotatable bonds is 2. The average molecular weight is 327 g/mol. The van der Waals surface area contributed by atoms with Gasteiger partial charge < -0.3 is 0 Å². The molecule has 1 aromatic carbocycles. The number of hydrogen-bond acceptors (Lipinski definition) is 4. The van der Waals surface area contributed by atoms with E-state index in [0.29, 0.717) is 11.3 Å². The molecule has 0 bridgehead atoms. The molecule has 90 valence electrons. The van der Waals surface area contributed by atoms with Crippen LogP contribution in [0.15, 0.2) is 42.9 Å². The van der Waals surface area contributed by atoms with Crippen LogP contribution in [0, 0.1) is 0 Å². The number of nitrogens with zero attached hydrogens (tertiary/aromatic N) is 2. The molecule has 0 unspecified atom stereocenters. The molecule has 1 amide bonds. The van der Waals surface area contributed by atoms with Crippen molar-refractivity contribution in [1.29, 1.82) is 0 Å². The Morgan fingerprint density at radius 3 is 3.00 bits per heavy atom. The van der Waals surface area contributed by atoms with Crippen molar-refractivity contribution >= 4 is 49.1 Å². The number of nitrogens with one attached hydrogen (secondary N) is 1. The molecule has 0 saturated carbocycles. The molecule has 0 aliphatic carbocycles. The Kier molecular flexibility index (Phi) is 2.91. The van der Waals surface area contributed by atoms with Gasteiger partial charge in [-0.1, -0.05) is 0 Å². The first-order valence-electron chi connectivity index (χ1n) is 5.01. The van der Waals surface area contributed by atoms with Crippen LogP contribution in [0.5, 0.6) is 0 Å². The molecule has 18 heavy (non-hydrogen) atoms. The van der Waals surface area contributed by atoms with Crippen molar-refractivity contribution in [3.05, 3.63) is 41.3 Å². The van der Waals surface area contributed by atoms with Crippen molar-refractivity contribution in [2.24, 2.45) is 7.92 Å². The van der Waals surface area contributed by atoms with Crippen molar-refractivity contribution < 1.29 is 9.21 Å². The van der Waals surface area contributed by atoms with Crippen molar-refractivity contribution in [1.82, 2.24) is 0 Å². The van der Waals surface area contributed by atoms with Gasteiger partial charge >= 0.3 is 113 Å². The summed E-state index contributed by atoms with van der Waals surface area (Å²) in [5.41, 5.74) is 2.48. The van der Waals surface area contributed by atoms with Crippen molar-refractivity contribution in [2.45, 2.75) is 0 Å². The number of carbonyl (C=O) groups is 1.